The largest absolute Gasteiger partial charge is 0.495 e. The SMILES string of the molecule is COc1ccccc1N(C(=O)c1ccco1)[C@@H](C(=O)NC1CCCC1)c1ccc(N2CCOCC2)cc1. The van der Waals surface area contributed by atoms with E-state index in [9.17, 15) is 9.59 Å². The third kappa shape index (κ3) is 5.49. The molecule has 1 aliphatic carbocycles. The van der Waals surface area contributed by atoms with Gasteiger partial charge in [-0.1, -0.05) is 37.1 Å². The Kier molecular flexibility index (Phi) is 7.75. The van der Waals surface area contributed by atoms with E-state index < -0.39 is 11.9 Å². The van der Waals surface area contributed by atoms with Crippen molar-refractivity contribution in [2.75, 3.05) is 43.2 Å². The number of anilines is 2. The maximum atomic E-state index is 14.0. The first-order valence-electron chi connectivity index (χ1n) is 12.9. The summed E-state index contributed by atoms with van der Waals surface area (Å²) in [6.07, 6.45) is 5.51. The fraction of sp³-hybridized carbons (Fsp3) is 0.379. The van der Waals surface area contributed by atoms with Crippen molar-refractivity contribution in [1.29, 1.82) is 0 Å². The minimum absolute atomic E-state index is 0.0980. The van der Waals surface area contributed by atoms with Gasteiger partial charge in [-0.25, -0.2) is 0 Å². The van der Waals surface area contributed by atoms with Gasteiger partial charge in [-0.15, -0.1) is 0 Å². The van der Waals surface area contributed by atoms with Crippen LogP contribution in [0.3, 0.4) is 0 Å². The van der Waals surface area contributed by atoms with Crippen LogP contribution in [0.5, 0.6) is 5.75 Å². The molecule has 0 unspecified atom stereocenters. The molecule has 2 amide bonds. The summed E-state index contributed by atoms with van der Waals surface area (Å²) in [7, 11) is 1.55. The fourth-order valence-electron chi connectivity index (χ4n) is 5.17. The van der Waals surface area contributed by atoms with E-state index in [-0.39, 0.29) is 17.7 Å². The first-order chi connectivity index (χ1) is 18.2. The minimum atomic E-state index is -0.923. The molecule has 1 aliphatic heterocycles. The molecule has 0 spiro atoms. The van der Waals surface area contributed by atoms with Gasteiger partial charge in [-0.05, 0) is 54.8 Å². The Balaban J connectivity index is 1.57. The molecular weight excluding hydrogens is 470 g/mol. The van der Waals surface area contributed by atoms with Gasteiger partial charge in [0.25, 0.3) is 5.91 Å². The van der Waals surface area contributed by atoms with E-state index in [0.717, 1.165) is 44.5 Å². The number of hydrogen-bond donors (Lipinski definition) is 1. The highest BCUT2D eigenvalue weighted by atomic mass is 16.5. The van der Waals surface area contributed by atoms with Crippen molar-refractivity contribution in [2.24, 2.45) is 0 Å². The maximum Gasteiger partial charge on any atom is 0.295 e. The lowest BCUT2D eigenvalue weighted by molar-refractivity contribution is -0.123. The number of carbonyl (C=O) groups is 2. The molecule has 1 saturated heterocycles. The number of ether oxygens (including phenoxy) is 2. The van der Waals surface area contributed by atoms with Gasteiger partial charge in [-0.2, -0.15) is 0 Å². The molecule has 2 aliphatic rings. The molecule has 1 saturated carbocycles. The Hall–Kier alpha value is -3.78. The Bertz CT molecular complexity index is 1180. The molecule has 1 atom stereocenters. The standard InChI is InChI=1S/C29H33N3O5/c1-35-25-10-5-4-9-24(25)32(29(34)26-11-6-18-37-26)27(28(33)30-22-7-2-3-8-22)21-12-14-23(15-13-21)31-16-19-36-20-17-31/h4-6,9-15,18,22,27H,2-3,7-8,16-17,19-20H2,1H3,(H,30,33)/t27-/m1/s1. The Morgan fingerprint density at radius 3 is 2.41 bits per heavy atom. The van der Waals surface area contributed by atoms with Crippen molar-refractivity contribution in [3.05, 3.63) is 78.3 Å². The monoisotopic (exact) mass is 503 g/mol. The maximum absolute atomic E-state index is 14.0. The molecule has 37 heavy (non-hydrogen) atoms. The van der Waals surface area contributed by atoms with E-state index in [4.69, 9.17) is 13.9 Å². The lowest BCUT2D eigenvalue weighted by Crippen LogP contribution is -2.46. The summed E-state index contributed by atoms with van der Waals surface area (Å²) in [5.74, 6) is -0.00400. The number of para-hydroxylation sites is 2. The van der Waals surface area contributed by atoms with Crippen molar-refractivity contribution >= 4 is 23.2 Å². The number of benzene rings is 2. The van der Waals surface area contributed by atoms with Gasteiger partial charge in [0, 0.05) is 24.8 Å². The van der Waals surface area contributed by atoms with E-state index >= 15 is 0 Å². The van der Waals surface area contributed by atoms with Crippen LogP contribution in [0.25, 0.3) is 0 Å². The second kappa shape index (κ2) is 11.5. The summed E-state index contributed by atoms with van der Waals surface area (Å²) in [5, 5.41) is 3.21. The summed E-state index contributed by atoms with van der Waals surface area (Å²) < 4.78 is 16.6. The molecule has 2 heterocycles. The van der Waals surface area contributed by atoms with E-state index in [1.165, 1.54) is 11.2 Å². The molecule has 3 aromatic rings. The summed E-state index contributed by atoms with van der Waals surface area (Å²) in [6, 6.07) is 17.6. The van der Waals surface area contributed by atoms with Crippen molar-refractivity contribution in [3.8, 4) is 5.75 Å². The van der Waals surface area contributed by atoms with Crippen LogP contribution in [0.15, 0.2) is 71.3 Å². The van der Waals surface area contributed by atoms with Gasteiger partial charge in [-0.3, -0.25) is 14.5 Å². The topological polar surface area (TPSA) is 84.2 Å². The van der Waals surface area contributed by atoms with Crippen LogP contribution in [-0.4, -0.2) is 51.3 Å². The molecule has 5 rings (SSSR count). The minimum Gasteiger partial charge on any atom is -0.495 e. The zero-order valence-electron chi connectivity index (χ0n) is 21.1. The van der Waals surface area contributed by atoms with Crippen molar-refractivity contribution in [3.63, 3.8) is 0 Å². The zero-order chi connectivity index (χ0) is 25.6. The molecular formula is C29H33N3O5. The highest BCUT2D eigenvalue weighted by Gasteiger charge is 2.37. The van der Waals surface area contributed by atoms with E-state index in [2.05, 4.69) is 10.2 Å². The van der Waals surface area contributed by atoms with Crippen LogP contribution in [0.4, 0.5) is 11.4 Å². The van der Waals surface area contributed by atoms with E-state index in [1.807, 2.05) is 36.4 Å². The predicted octanol–water partition coefficient (Wildman–Crippen LogP) is 4.57. The van der Waals surface area contributed by atoms with Crippen LogP contribution in [0, 0.1) is 0 Å². The van der Waals surface area contributed by atoms with E-state index in [0.29, 0.717) is 30.2 Å². The molecule has 1 N–H and O–H groups in total. The van der Waals surface area contributed by atoms with Crippen LogP contribution in [-0.2, 0) is 9.53 Å². The number of morpholine rings is 1. The average Bonchev–Trinajstić information content (AvgIpc) is 3.67. The number of furan rings is 1. The molecule has 8 heteroatoms. The highest BCUT2D eigenvalue weighted by molar-refractivity contribution is 6.09. The molecule has 194 valence electrons. The predicted molar refractivity (Wildman–Crippen MR) is 141 cm³/mol. The molecule has 2 fully saturated rings. The Labute approximate surface area is 217 Å². The third-order valence-corrected chi connectivity index (χ3v) is 7.09. The summed E-state index contributed by atoms with van der Waals surface area (Å²) >= 11 is 0. The smallest absolute Gasteiger partial charge is 0.295 e. The van der Waals surface area contributed by atoms with E-state index in [1.54, 1.807) is 31.4 Å². The van der Waals surface area contributed by atoms with Gasteiger partial charge in [0.15, 0.2) is 5.76 Å². The Morgan fingerprint density at radius 1 is 1.00 bits per heavy atom. The highest BCUT2D eigenvalue weighted by Crippen LogP contribution is 2.37. The number of rotatable bonds is 8. The quantitative estimate of drug-likeness (QED) is 0.485. The number of hydrogen-bond acceptors (Lipinski definition) is 6. The van der Waals surface area contributed by atoms with Gasteiger partial charge < -0.3 is 24.1 Å². The van der Waals surface area contributed by atoms with Crippen molar-refractivity contribution < 1.29 is 23.5 Å². The molecule has 0 bridgehead atoms. The summed E-state index contributed by atoms with van der Waals surface area (Å²) in [5.41, 5.74) is 2.26. The van der Waals surface area contributed by atoms with Gasteiger partial charge >= 0.3 is 0 Å². The van der Waals surface area contributed by atoms with Crippen LogP contribution < -0.4 is 19.9 Å². The Morgan fingerprint density at radius 2 is 1.73 bits per heavy atom. The summed E-state index contributed by atoms with van der Waals surface area (Å²) in [4.78, 5) is 31.6. The van der Waals surface area contributed by atoms with Crippen LogP contribution >= 0.6 is 0 Å². The second-order valence-corrected chi connectivity index (χ2v) is 9.41. The first kappa shape index (κ1) is 24.9. The normalized spacial score (nSPS) is 16.8. The third-order valence-electron chi connectivity index (χ3n) is 7.09. The number of carbonyl (C=O) groups excluding carboxylic acids is 2. The average molecular weight is 504 g/mol. The fourth-order valence-corrected chi connectivity index (χ4v) is 5.17. The first-order valence-corrected chi connectivity index (χ1v) is 12.9. The van der Waals surface area contributed by atoms with Gasteiger partial charge in [0.2, 0.25) is 5.91 Å². The number of amides is 2. The van der Waals surface area contributed by atoms with Crippen LogP contribution in [0.1, 0.15) is 47.8 Å². The van der Waals surface area contributed by atoms with Crippen molar-refractivity contribution in [1.82, 2.24) is 5.32 Å². The summed E-state index contributed by atoms with van der Waals surface area (Å²) in [6.45, 7) is 3.01. The molecule has 1 aromatic heterocycles. The molecule has 2 aromatic carbocycles. The van der Waals surface area contributed by atoms with Crippen LogP contribution in [0.2, 0.25) is 0 Å². The zero-order valence-corrected chi connectivity index (χ0v) is 21.1. The number of methoxy groups -OCH3 is 1. The lowest BCUT2D eigenvalue weighted by Gasteiger charge is -2.33. The number of nitrogens with one attached hydrogen (secondary N) is 1. The van der Waals surface area contributed by atoms with Crippen molar-refractivity contribution in [2.45, 2.75) is 37.8 Å². The number of nitrogens with zero attached hydrogens (tertiary/aromatic N) is 2. The molecule has 0 radical (unpaired) electrons. The molecule has 8 nitrogen and oxygen atoms in total. The van der Waals surface area contributed by atoms with Gasteiger partial charge in [0.05, 0.1) is 32.3 Å². The second-order valence-electron chi connectivity index (χ2n) is 9.41. The lowest BCUT2D eigenvalue weighted by atomic mass is 10.0. The van der Waals surface area contributed by atoms with Gasteiger partial charge in [0.1, 0.15) is 11.8 Å².